The van der Waals surface area contributed by atoms with Crippen LogP contribution < -0.4 is 0 Å². The molecule has 128 valence electrons. The highest BCUT2D eigenvalue weighted by Crippen LogP contribution is 2.18. The van der Waals surface area contributed by atoms with Crippen molar-refractivity contribution in [3.05, 3.63) is 30.0 Å². The van der Waals surface area contributed by atoms with E-state index in [0.717, 1.165) is 10.9 Å². The van der Waals surface area contributed by atoms with Crippen LogP contribution in [0.15, 0.2) is 24.3 Å². The maximum atomic E-state index is 12.8. The monoisotopic (exact) mass is 332 g/mol. The fraction of sp³-hybridized carbons (Fsp3) is 0.438. The van der Waals surface area contributed by atoms with Gasteiger partial charge < -0.3 is 14.7 Å². The molecule has 1 amide bonds. The van der Waals surface area contributed by atoms with Gasteiger partial charge in [-0.2, -0.15) is 5.10 Å². The molecule has 1 fully saturated rings. The maximum absolute atomic E-state index is 12.8. The van der Waals surface area contributed by atoms with Crippen molar-refractivity contribution in [2.75, 3.05) is 39.8 Å². The summed E-state index contributed by atoms with van der Waals surface area (Å²) in [5, 5.41) is 16.6. The van der Waals surface area contributed by atoms with E-state index in [9.17, 15) is 9.59 Å². The molecule has 2 aromatic rings. The maximum Gasteiger partial charge on any atom is 0.317 e. The van der Waals surface area contributed by atoms with Crippen LogP contribution in [0.2, 0.25) is 0 Å². The van der Waals surface area contributed by atoms with Crippen molar-refractivity contribution in [1.82, 2.24) is 20.0 Å². The number of amides is 1. The minimum absolute atomic E-state index is 0.0577. The minimum atomic E-state index is -0.885. The van der Waals surface area contributed by atoms with Crippen LogP contribution in [0.1, 0.15) is 10.5 Å². The van der Waals surface area contributed by atoms with Crippen molar-refractivity contribution in [2.45, 2.75) is 6.10 Å². The highest BCUT2D eigenvalue weighted by Gasteiger charge is 2.28. The van der Waals surface area contributed by atoms with Gasteiger partial charge in [-0.15, -0.1) is 0 Å². The molecule has 2 heterocycles. The number of hydrogen-bond donors (Lipinski definition) is 2. The Balaban J connectivity index is 1.68. The number of para-hydroxylation sites is 1. The number of benzene rings is 1. The quantitative estimate of drug-likeness (QED) is 0.823. The standard InChI is InChI=1S/C16H20N4O4/c1-19(10-14(21)22)8-11-9-20(6-7-24-11)16(23)15-12-4-2-3-5-13(12)17-18-15/h2-5,11H,6-10H2,1H3,(H,17,18)(H,21,22). The van der Waals surface area contributed by atoms with Gasteiger partial charge in [-0.1, -0.05) is 18.2 Å². The number of nitrogens with one attached hydrogen (secondary N) is 1. The first kappa shape index (κ1) is 16.4. The predicted octanol–water partition coefficient (Wildman–Crippen LogP) is 0.420. The Morgan fingerprint density at radius 2 is 2.25 bits per heavy atom. The average molecular weight is 332 g/mol. The van der Waals surface area contributed by atoms with Crippen LogP contribution >= 0.6 is 0 Å². The van der Waals surface area contributed by atoms with Gasteiger partial charge in [0.25, 0.3) is 5.91 Å². The smallest absolute Gasteiger partial charge is 0.317 e. The molecule has 3 rings (SSSR count). The van der Waals surface area contributed by atoms with E-state index in [2.05, 4.69) is 10.2 Å². The summed E-state index contributed by atoms with van der Waals surface area (Å²) in [5.74, 6) is -1.02. The van der Waals surface area contributed by atoms with Crippen molar-refractivity contribution in [3.63, 3.8) is 0 Å². The van der Waals surface area contributed by atoms with E-state index in [1.165, 1.54) is 0 Å². The van der Waals surface area contributed by atoms with Crippen LogP contribution in [0, 0.1) is 0 Å². The minimum Gasteiger partial charge on any atom is -0.480 e. The molecule has 0 radical (unpaired) electrons. The number of nitrogens with zero attached hydrogens (tertiary/aromatic N) is 3. The van der Waals surface area contributed by atoms with E-state index in [1.807, 2.05) is 24.3 Å². The summed E-state index contributed by atoms with van der Waals surface area (Å²) in [6.07, 6.45) is -0.211. The Labute approximate surface area is 139 Å². The van der Waals surface area contributed by atoms with Crippen molar-refractivity contribution in [1.29, 1.82) is 0 Å². The first-order valence-electron chi connectivity index (χ1n) is 7.79. The normalized spacial score (nSPS) is 18.2. The molecule has 24 heavy (non-hydrogen) atoms. The Morgan fingerprint density at radius 3 is 3.04 bits per heavy atom. The van der Waals surface area contributed by atoms with E-state index in [1.54, 1.807) is 16.8 Å². The number of H-pyrrole nitrogens is 1. The number of carbonyl (C=O) groups excluding carboxylic acids is 1. The summed E-state index contributed by atoms with van der Waals surface area (Å²) >= 11 is 0. The lowest BCUT2D eigenvalue weighted by molar-refractivity contribution is -0.138. The van der Waals surface area contributed by atoms with Crippen LogP contribution in [-0.2, 0) is 9.53 Å². The van der Waals surface area contributed by atoms with E-state index in [0.29, 0.717) is 31.9 Å². The van der Waals surface area contributed by atoms with Crippen molar-refractivity contribution in [3.8, 4) is 0 Å². The zero-order valence-corrected chi connectivity index (χ0v) is 13.4. The predicted molar refractivity (Wildman–Crippen MR) is 86.9 cm³/mol. The third-order valence-corrected chi connectivity index (χ3v) is 4.02. The lowest BCUT2D eigenvalue weighted by atomic mass is 10.1. The summed E-state index contributed by atoms with van der Waals surface area (Å²) in [4.78, 5) is 26.9. The van der Waals surface area contributed by atoms with Gasteiger partial charge in [-0.25, -0.2) is 0 Å². The van der Waals surface area contributed by atoms with E-state index in [4.69, 9.17) is 9.84 Å². The molecular formula is C16H20N4O4. The second-order valence-electron chi connectivity index (χ2n) is 5.95. The van der Waals surface area contributed by atoms with Gasteiger partial charge in [0.05, 0.1) is 24.8 Å². The highest BCUT2D eigenvalue weighted by molar-refractivity contribution is 6.04. The van der Waals surface area contributed by atoms with Gasteiger partial charge in [0, 0.05) is 25.0 Å². The molecule has 1 aliphatic heterocycles. The third-order valence-electron chi connectivity index (χ3n) is 4.02. The summed E-state index contributed by atoms with van der Waals surface area (Å²) in [6, 6.07) is 7.50. The number of aromatic amines is 1. The second kappa shape index (κ2) is 6.98. The SMILES string of the molecule is CN(CC(=O)O)CC1CN(C(=O)c2n[nH]c3ccccc23)CCO1. The van der Waals surface area contributed by atoms with E-state index < -0.39 is 5.97 Å². The Kier molecular flexibility index (Phi) is 4.77. The zero-order valence-electron chi connectivity index (χ0n) is 13.4. The Bertz CT molecular complexity index is 745. The number of hydrogen-bond acceptors (Lipinski definition) is 5. The summed E-state index contributed by atoms with van der Waals surface area (Å²) in [7, 11) is 1.72. The number of carboxylic acid groups (broad SMARTS) is 1. The van der Waals surface area contributed by atoms with Gasteiger partial charge in [0.1, 0.15) is 0 Å². The van der Waals surface area contributed by atoms with Crippen LogP contribution in [-0.4, -0.2) is 82.9 Å². The first-order chi connectivity index (χ1) is 11.5. The van der Waals surface area contributed by atoms with Crippen LogP contribution in [0.25, 0.3) is 10.9 Å². The van der Waals surface area contributed by atoms with Crippen LogP contribution in [0.5, 0.6) is 0 Å². The molecule has 0 aliphatic carbocycles. The lowest BCUT2D eigenvalue weighted by Gasteiger charge is -2.34. The molecule has 0 saturated carbocycles. The number of carboxylic acids is 1. The number of rotatable bonds is 5. The molecule has 8 nitrogen and oxygen atoms in total. The molecule has 1 saturated heterocycles. The molecule has 1 atom stereocenters. The zero-order chi connectivity index (χ0) is 17.1. The van der Waals surface area contributed by atoms with E-state index >= 15 is 0 Å². The molecule has 2 N–H and O–H groups in total. The largest absolute Gasteiger partial charge is 0.480 e. The van der Waals surface area contributed by atoms with E-state index in [-0.39, 0.29) is 18.6 Å². The van der Waals surface area contributed by atoms with Crippen molar-refractivity contribution < 1.29 is 19.4 Å². The number of likely N-dealkylation sites (N-methyl/N-ethyl adjacent to an activating group) is 1. The molecule has 8 heteroatoms. The summed E-state index contributed by atoms with van der Waals surface area (Å²) < 4.78 is 5.66. The molecule has 1 aromatic heterocycles. The van der Waals surface area contributed by atoms with Gasteiger partial charge >= 0.3 is 5.97 Å². The molecule has 0 bridgehead atoms. The molecule has 0 spiro atoms. The number of ether oxygens (including phenoxy) is 1. The Morgan fingerprint density at radius 1 is 1.46 bits per heavy atom. The van der Waals surface area contributed by atoms with Gasteiger partial charge in [0.15, 0.2) is 5.69 Å². The number of aromatic nitrogens is 2. The third kappa shape index (κ3) is 3.55. The second-order valence-corrected chi connectivity index (χ2v) is 5.95. The summed E-state index contributed by atoms with van der Waals surface area (Å²) in [6.45, 7) is 1.75. The van der Waals surface area contributed by atoms with Crippen molar-refractivity contribution >= 4 is 22.8 Å². The lowest BCUT2D eigenvalue weighted by Crippen LogP contribution is -2.49. The summed E-state index contributed by atoms with van der Waals surface area (Å²) in [5.41, 5.74) is 1.23. The molecular weight excluding hydrogens is 312 g/mol. The Hall–Kier alpha value is -2.45. The number of carbonyl (C=O) groups is 2. The van der Waals surface area contributed by atoms with Gasteiger partial charge in [-0.05, 0) is 13.1 Å². The number of fused-ring (bicyclic) bond motifs is 1. The van der Waals surface area contributed by atoms with Crippen molar-refractivity contribution in [2.24, 2.45) is 0 Å². The fourth-order valence-electron chi connectivity index (χ4n) is 2.93. The van der Waals surface area contributed by atoms with Crippen LogP contribution in [0.3, 0.4) is 0 Å². The molecule has 1 aromatic carbocycles. The highest BCUT2D eigenvalue weighted by atomic mass is 16.5. The first-order valence-corrected chi connectivity index (χ1v) is 7.79. The van der Waals surface area contributed by atoms with Gasteiger partial charge in [0.2, 0.25) is 0 Å². The average Bonchev–Trinajstić information content (AvgIpc) is 2.97. The number of aliphatic carboxylic acids is 1. The fourth-order valence-corrected chi connectivity index (χ4v) is 2.93. The molecule has 1 aliphatic rings. The van der Waals surface area contributed by atoms with Crippen LogP contribution in [0.4, 0.5) is 0 Å². The number of morpholine rings is 1. The van der Waals surface area contributed by atoms with Gasteiger partial charge in [-0.3, -0.25) is 19.6 Å². The molecule has 1 unspecified atom stereocenters. The topological polar surface area (TPSA) is 98.8 Å².